The summed E-state index contributed by atoms with van der Waals surface area (Å²) in [5, 5.41) is 0. The molecule has 0 unspecified atom stereocenters. The lowest BCUT2D eigenvalue weighted by Gasteiger charge is -2.40. The van der Waals surface area contributed by atoms with Gasteiger partial charge in [0.05, 0.1) is 25.8 Å². The zero-order chi connectivity index (χ0) is 21.7. The molecule has 1 aromatic carbocycles. The number of hydrogen-bond acceptors (Lipinski definition) is 7. The summed E-state index contributed by atoms with van der Waals surface area (Å²) in [5.74, 6) is -0.119. The molecule has 30 heavy (non-hydrogen) atoms. The Bertz CT molecular complexity index is 836. The van der Waals surface area contributed by atoms with Gasteiger partial charge in [-0.1, -0.05) is 30.3 Å². The zero-order valence-corrected chi connectivity index (χ0v) is 16.9. The van der Waals surface area contributed by atoms with E-state index in [-0.39, 0.29) is 36.4 Å². The molecule has 0 bridgehead atoms. The first-order valence-corrected chi connectivity index (χ1v) is 9.55. The molecule has 10 heteroatoms. The quantitative estimate of drug-likeness (QED) is 0.729. The molecule has 7 nitrogen and oxygen atoms in total. The largest absolute Gasteiger partial charge is 0.481 e. The van der Waals surface area contributed by atoms with Crippen LogP contribution >= 0.6 is 0 Å². The van der Waals surface area contributed by atoms with Gasteiger partial charge in [-0.2, -0.15) is 23.1 Å². The lowest BCUT2D eigenvalue weighted by molar-refractivity contribution is -0.154. The van der Waals surface area contributed by atoms with E-state index in [0.29, 0.717) is 12.1 Å². The third-order valence-electron chi connectivity index (χ3n) is 4.94. The summed E-state index contributed by atoms with van der Waals surface area (Å²) in [6.45, 7) is -0.556. The van der Waals surface area contributed by atoms with Gasteiger partial charge in [0, 0.05) is 12.6 Å². The molecule has 3 rings (SSSR count). The summed E-state index contributed by atoms with van der Waals surface area (Å²) in [7, 11) is 2.70. The van der Waals surface area contributed by atoms with Crippen LogP contribution in [-0.4, -0.2) is 54.5 Å². The molecule has 0 radical (unpaired) electrons. The highest BCUT2D eigenvalue weighted by molar-refractivity contribution is 5.37. The number of piperidine rings is 1. The molecule has 0 aliphatic carbocycles. The van der Waals surface area contributed by atoms with E-state index in [9.17, 15) is 13.2 Å². The summed E-state index contributed by atoms with van der Waals surface area (Å²) < 4.78 is 53.6. The van der Waals surface area contributed by atoms with Gasteiger partial charge in [0.2, 0.25) is 11.8 Å². The average Bonchev–Trinajstić information content (AvgIpc) is 2.73. The molecule has 2 aromatic rings. The molecule has 0 spiro atoms. The highest BCUT2D eigenvalue weighted by Crippen LogP contribution is 2.36. The van der Waals surface area contributed by atoms with Gasteiger partial charge >= 0.3 is 12.2 Å². The number of nitrogens with zero attached hydrogens (tertiary/aromatic N) is 3. The summed E-state index contributed by atoms with van der Waals surface area (Å²) in [5.41, 5.74) is 7.78. The monoisotopic (exact) mass is 426 g/mol. The fourth-order valence-electron chi connectivity index (χ4n) is 3.68. The molecule has 2 heterocycles. The van der Waals surface area contributed by atoms with Crippen LogP contribution in [0.5, 0.6) is 17.8 Å². The molecule has 1 fully saturated rings. The smallest absolute Gasteiger partial charge is 0.422 e. The Hall–Kier alpha value is -2.59. The molecular weight excluding hydrogens is 401 g/mol. The van der Waals surface area contributed by atoms with Crippen LogP contribution in [-0.2, 0) is 6.54 Å². The van der Waals surface area contributed by atoms with E-state index in [0.717, 1.165) is 18.4 Å². The van der Waals surface area contributed by atoms with Crippen molar-refractivity contribution in [3.8, 4) is 17.8 Å². The minimum atomic E-state index is -4.51. The number of alkyl halides is 3. The lowest BCUT2D eigenvalue weighted by atomic mass is 9.90. The van der Waals surface area contributed by atoms with Gasteiger partial charge in [0.1, 0.15) is 0 Å². The average molecular weight is 426 g/mol. The van der Waals surface area contributed by atoms with Crippen LogP contribution < -0.4 is 19.9 Å². The van der Waals surface area contributed by atoms with Crippen molar-refractivity contribution in [3.63, 3.8) is 0 Å². The zero-order valence-electron chi connectivity index (χ0n) is 16.9. The van der Waals surface area contributed by atoms with Crippen LogP contribution in [0.1, 0.15) is 30.0 Å². The van der Waals surface area contributed by atoms with Crippen molar-refractivity contribution in [1.82, 2.24) is 14.9 Å². The van der Waals surface area contributed by atoms with E-state index in [2.05, 4.69) is 14.9 Å². The normalized spacial score (nSPS) is 20.1. The van der Waals surface area contributed by atoms with Crippen molar-refractivity contribution in [1.29, 1.82) is 0 Å². The maximum atomic E-state index is 12.8. The van der Waals surface area contributed by atoms with Gasteiger partial charge in [-0.05, 0) is 24.9 Å². The third-order valence-corrected chi connectivity index (χ3v) is 4.94. The molecule has 1 saturated heterocycles. The van der Waals surface area contributed by atoms with Crippen molar-refractivity contribution in [2.45, 2.75) is 37.6 Å². The van der Waals surface area contributed by atoms with Crippen LogP contribution in [0, 0.1) is 0 Å². The molecule has 164 valence electrons. The SMILES string of the molecule is COc1nc(OC)c(CN2CCC[C@H](N)[C@H]2c2ccccc2)c(OCC(F)(F)F)n1. The second-order valence-corrected chi connectivity index (χ2v) is 7.04. The van der Waals surface area contributed by atoms with Crippen molar-refractivity contribution >= 4 is 0 Å². The van der Waals surface area contributed by atoms with Gasteiger partial charge in [-0.15, -0.1) is 0 Å². The Morgan fingerprint density at radius 1 is 1.10 bits per heavy atom. The van der Waals surface area contributed by atoms with E-state index < -0.39 is 12.8 Å². The molecule has 2 N–H and O–H groups in total. The van der Waals surface area contributed by atoms with E-state index in [1.807, 2.05) is 30.3 Å². The number of methoxy groups -OCH3 is 2. The Kier molecular flexibility index (Phi) is 6.99. The van der Waals surface area contributed by atoms with E-state index in [4.69, 9.17) is 19.9 Å². The standard InChI is InChI=1S/C20H25F3N4O3/c1-28-17-14(18(26-19(25-17)29-2)30-12-20(21,22)23)11-27-10-6-9-15(24)16(27)13-7-4-3-5-8-13/h3-5,7-8,15-16H,6,9-12,24H2,1-2H3/t15-,16+/m0/s1. The van der Waals surface area contributed by atoms with Crippen LogP contribution in [0.3, 0.4) is 0 Å². The van der Waals surface area contributed by atoms with E-state index >= 15 is 0 Å². The maximum absolute atomic E-state index is 12.8. The van der Waals surface area contributed by atoms with Gasteiger partial charge in [-0.25, -0.2) is 0 Å². The van der Waals surface area contributed by atoms with Gasteiger partial charge in [-0.3, -0.25) is 4.90 Å². The minimum Gasteiger partial charge on any atom is -0.481 e. The number of halogens is 3. The van der Waals surface area contributed by atoms with Crippen LogP contribution in [0.4, 0.5) is 13.2 Å². The topological polar surface area (TPSA) is 82.7 Å². The Morgan fingerprint density at radius 2 is 1.80 bits per heavy atom. The molecular formula is C20H25F3N4O3. The first kappa shape index (κ1) is 22.1. The molecule has 1 aliphatic heterocycles. The van der Waals surface area contributed by atoms with E-state index in [1.54, 1.807) is 0 Å². The highest BCUT2D eigenvalue weighted by atomic mass is 19.4. The third kappa shape index (κ3) is 5.31. The molecule has 1 aliphatic rings. The van der Waals surface area contributed by atoms with Crippen molar-refractivity contribution in [2.75, 3.05) is 27.4 Å². The number of rotatable bonds is 7. The van der Waals surface area contributed by atoms with E-state index in [1.165, 1.54) is 14.2 Å². The number of ether oxygens (including phenoxy) is 3. The second-order valence-electron chi connectivity index (χ2n) is 7.04. The predicted octanol–water partition coefficient (Wildman–Crippen LogP) is 3.10. The first-order chi connectivity index (χ1) is 14.3. The first-order valence-electron chi connectivity index (χ1n) is 9.55. The predicted molar refractivity (Wildman–Crippen MR) is 103 cm³/mol. The van der Waals surface area contributed by atoms with Crippen molar-refractivity contribution in [2.24, 2.45) is 5.73 Å². The second kappa shape index (κ2) is 9.48. The van der Waals surface area contributed by atoms with Crippen molar-refractivity contribution < 1.29 is 27.4 Å². The summed E-state index contributed by atoms with van der Waals surface area (Å²) in [4.78, 5) is 10.2. The fraction of sp³-hybridized carbons (Fsp3) is 0.500. The Morgan fingerprint density at radius 3 is 2.43 bits per heavy atom. The number of benzene rings is 1. The van der Waals surface area contributed by atoms with Crippen LogP contribution in [0.2, 0.25) is 0 Å². The van der Waals surface area contributed by atoms with Crippen molar-refractivity contribution in [3.05, 3.63) is 41.5 Å². The minimum absolute atomic E-state index is 0.102. The maximum Gasteiger partial charge on any atom is 0.422 e. The van der Waals surface area contributed by atoms with Gasteiger partial charge < -0.3 is 19.9 Å². The summed E-state index contributed by atoms with van der Waals surface area (Å²) >= 11 is 0. The number of aromatic nitrogens is 2. The molecule has 0 amide bonds. The van der Waals surface area contributed by atoms with Crippen LogP contribution in [0.25, 0.3) is 0 Å². The molecule has 0 saturated carbocycles. The molecule has 1 aromatic heterocycles. The highest BCUT2D eigenvalue weighted by Gasteiger charge is 2.34. The summed E-state index contributed by atoms with van der Waals surface area (Å²) in [6.07, 6.45) is -2.80. The lowest BCUT2D eigenvalue weighted by Crippen LogP contribution is -2.45. The van der Waals surface area contributed by atoms with Crippen LogP contribution in [0.15, 0.2) is 30.3 Å². The molecule has 2 atom stereocenters. The number of likely N-dealkylation sites (tertiary alicyclic amines) is 1. The Labute approximate surface area is 173 Å². The van der Waals surface area contributed by atoms with Gasteiger partial charge in [0.25, 0.3) is 0 Å². The number of nitrogens with two attached hydrogens (primary N) is 1. The Balaban J connectivity index is 1.96. The van der Waals surface area contributed by atoms with Gasteiger partial charge in [0.15, 0.2) is 6.61 Å². The number of hydrogen-bond donors (Lipinski definition) is 1. The fourth-order valence-corrected chi connectivity index (χ4v) is 3.68. The summed E-state index contributed by atoms with van der Waals surface area (Å²) in [6, 6.07) is 9.41.